The van der Waals surface area contributed by atoms with Crippen LogP contribution in [0.1, 0.15) is 21.5 Å². The molecule has 4 aromatic rings. The molecule has 0 bridgehead atoms. The van der Waals surface area contributed by atoms with Crippen LogP contribution in [0.5, 0.6) is 5.75 Å². The normalized spacial score (nSPS) is 10.9. The quantitative estimate of drug-likeness (QED) is 0.257. The number of hydrogen-bond acceptors (Lipinski definition) is 3. The second kappa shape index (κ2) is 9.96. The van der Waals surface area contributed by atoms with Gasteiger partial charge in [-0.2, -0.15) is 5.10 Å². The zero-order valence-electron chi connectivity index (χ0n) is 17.4. The van der Waals surface area contributed by atoms with Gasteiger partial charge in [-0.25, -0.2) is 17.6 Å². The highest BCUT2D eigenvalue weighted by Gasteiger charge is 2.20. The molecular weight excluding hydrogens is 474 g/mol. The van der Waals surface area contributed by atoms with Gasteiger partial charge in [-0.3, -0.25) is 9.48 Å². The summed E-state index contributed by atoms with van der Waals surface area (Å²) in [4.78, 5) is 12.6. The SMILES string of the molecule is O=C(Nc1ccn(Cc2c(F)c(F)cc(F)c2F)n1)c1cccc(COc2cccc(Cl)c2)c1. The van der Waals surface area contributed by atoms with Gasteiger partial charge >= 0.3 is 0 Å². The summed E-state index contributed by atoms with van der Waals surface area (Å²) in [6, 6.07) is 15.1. The van der Waals surface area contributed by atoms with Crippen molar-refractivity contribution in [1.82, 2.24) is 9.78 Å². The van der Waals surface area contributed by atoms with Crippen molar-refractivity contribution in [3.8, 4) is 5.75 Å². The van der Waals surface area contributed by atoms with Gasteiger partial charge in [0.15, 0.2) is 29.1 Å². The minimum atomic E-state index is -1.51. The van der Waals surface area contributed by atoms with Crippen molar-refractivity contribution in [2.24, 2.45) is 0 Å². The smallest absolute Gasteiger partial charge is 0.256 e. The zero-order chi connectivity index (χ0) is 24.2. The zero-order valence-corrected chi connectivity index (χ0v) is 18.1. The van der Waals surface area contributed by atoms with Crippen LogP contribution < -0.4 is 10.1 Å². The first-order valence-electron chi connectivity index (χ1n) is 9.94. The summed E-state index contributed by atoms with van der Waals surface area (Å²) in [5.41, 5.74) is 0.245. The van der Waals surface area contributed by atoms with Gasteiger partial charge in [0.2, 0.25) is 0 Å². The number of carbonyl (C=O) groups excluding carboxylic acids is 1. The van der Waals surface area contributed by atoms with Gasteiger partial charge in [0, 0.05) is 28.9 Å². The predicted molar refractivity (Wildman–Crippen MR) is 118 cm³/mol. The van der Waals surface area contributed by atoms with Crippen LogP contribution in [0.2, 0.25) is 5.02 Å². The molecule has 0 unspecified atom stereocenters. The van der Waals surface area contributed by atoms with Gasteiger partial charge in [0.1, 0.15) is 12.4 Å². The molecule has 1 aromatic heterocycles. The Kier molecular flexibility index (Phi) is 6.83. The highest BCUT2D eigenvalue weighted by atomic mass is 35.5. The van der Waals surface area contributed by atoms with Crippen molar-refractivity contribution < 1.29 is 27.1 Å². The van der Waals surface area contributed by atoms with Crippen LogP contribution >= 0.6 is 11.6 Å². The van der Waals surface area contributed by atoms with E-state index in [0.29, 0.717) is 16.3 Å². The minimum absolute atomic E-state index is 0.0864. The summed E-state index contributed by atoms with van der Waals surface area (Å²) in [5, 5.41) is 7.09. The number of nitrogens with zero attached hydrogens (tertiary/aromatic N) is 2. The van der Waals surface area contributed by atoms with Crippen LogP contribution in [-0.4, -0.2) is 15.7 Å². The summed E-state index contributed by atoms with van der Waals surface area (Å²) in [6.07, 6.45) is 1.31. The Morgan fingerprint density at radius 3 is 2.44 bits per heavy atom. The maximum Gasteiger partial charge on any atom is 0.256 e. The van der Waals surface area contributed by atoms with Crippen LogP contribution in [0.3, 0.4) is 0 Å². The number of rotatable bonds is 7. The number of hydrogen-bond donors (Lipinski definition) is 1. The Morgan fingerprint density at radius 1 is 0.971 bits per heavy atom. The molecule has 174 valence electrons. The Balaban J connectivity index is 1.42. The van der Waals surface area contributed by atoms with E-state index in [2.05, 4.69) is 10.4 Å². The molecule has 1 heterocycles. The monoisotopic (exact) mass is 489 g/mol. The highest BCUT2D eigenvalue weighted by molar-refractivity contribution is 6.30. The third kappa shape index (κ3) is 5.37. The van der Waals surface area contributed by atoms with E-state index >= 15 is 0 Å². The summed E-state index contributed by atoms with van der Waals surface area (Å²) >= 11 is 5.94. The summed E-state index contributed by atoms with van der Waals surface area (Å²) in [7, 11) is 0. The molecule has 1 N–H and O–H groups in total. The molecule has 0 aliphatic heterocycles. The summed E-state index contributed by atoms with van der Waals surface area (Å²) in [6.45, 7) is -0.365. The fourth-order valence-electron chi connectivity index (χ4n) is 3.15. The van der Waals surface area contributed by atoms with Gasteiger partial charge in [0.25, 0.3) is 5.91 Å². The van der Waals surface area contributed by atoms with E-state index in [9.17, 15) is 22.4 Å². The molecule has 0 aliphatic rings. The minimum Gasteiger partial charge on any atom is -0.489 e. The molecular formula is C24H16ClF4N3O2. The Bertz CT molecular complexity index is 1330. The van der Waals surface area contributed by atoms with Crippen LogP contribution in [0, 0.1) is 23.3 Å². The Hall–Kier alpha value is -3.85. The van der Waals surface area contributed by atoms with Gasteiger partial charge in [-0.15, -0.1) is 0 Å². The lowest BCUT2D eigenvalue weighted by molar-refractivity contribution is 0.102. The van der Waals surface area contributed by atoms with Gasteiger partial charge in [-0.1, -0.05) is 29.8 Å². The van der Waals surface area contributed by atoms with Gasteiger partial charge in [-0.05, 0) is 35.9 Å². The average Bonchev–Trinajstić information content (AvgIpc) is 3.26. The van der Waals surface area contributed by atoms with E-state index in [1.54, 1.807) is 48.5 Å². The van der Waals surface area contributed by atoms with Gasteiger partial charge in [0.05, 0.1) is 12.1 Å². The first-order valence-corrected chi connectivity index (χ1v) is 10.3. The van der Waals surface area contributed by atoms with Gasteiger partial charge < -0.3 is 10.1 Å². The van der Waals surface area contributed by atoms with Crippen LogP contribution in [0.25, 0.3) is 0 Å². The molecule has 0 spiro atoms. The second-order valence-electron chi connectivity index (χ2n) is 7.25. The van der Waals surface area contributed by atoms with Crippen LogP contribution in [0.15, 0.2) is 66.9 Å². The van der Waals surface area contributed by atoms with Crippen molar-refractivity contribution in [1.29, 1.82) is 0 Å². The largest absolute Gasteiger partial charge is 0.489 e. The molecule has 0 saturated carbocycles. The molecule has 4 rings (SSSR count). The number of anilines is 1. The fraction of sp³-hybridized carbons (Fsp3) is 0.0833. The van der Waals surface area contributed by atoms with Crippen molar-refractivity contribution in [2.45, 2.75) is 13.2 Å². The third-order valence-corrected chi connectivity index (χ3v) is 5.03. The number of benzene rings is 3. The third-order valence-electron chi connectivity index (χ3n) is 4.80. The number of ether oxygens (including phenoxy) is 1. The lowest BCUT2D eigenvalue weighted by atomic mass is 10.1. The topological polar surface area (TPSA) is 56.2 Å². The number of halogens is 5. The molecule has 0 saturated heterocycles. The Morgan fingerprint density at radius 2 is 1.71 bits per heavy atom. The number of nitrogens with one attached hydrogen (secondary N) is 1. The first kappa shape index (κ1) is 23.3. The maximum absolute atomic E-state index is 13.9. The van der Waals surface area contributed by atoms with Crippen molar-refractivity contribution >= 4 is 23.3 Å². The van der Waals surface area contributed by atoms with Crippen LogP contribution in [0.4, 0.5) is 23.4 Å². The molecule has 0 radical (unpaired) electrons. The van der Waals surface area contributed by atoms with Crippen molar-refractivity contribution in [2.75, 3.05) is 5.32 Å². The summed E-state index contributed by atoms with van der Waals surface area (Å²) < 4.78 is 61.3. The van der Waals surface area contributed by atoms with E-state index in [4.69, 9.17) is 16.3 Å². The Labute approximate surface area is 196 Å². The molecule has 1 amide bonds. The highest BCUT2D eigenvalue weighted by Crippen LogP contribution is 2.21. The molecule has 5 nitrogen and oxygen atoms in total. The first-order chi connectivity index (χ1) is 16.3. The second-order valence-corrected chi connectivity index (χ2v) is 7.68. The van der Waals surface area contributed by atoms with Crippen molar-refractivity contribution in [3.63, 3.8) is 0 Å². The summed E-state index contributed by atoms with van der Waals surface area (Å²) in [5.74, 6) is -5.83. The number of carbonyl (C=O) groups is 1. The number of aromatic nitrogens is 2. The molecule has 0 fully saturated rings. The van der Waals surface area contributed by atoms with Crippen molar-refractivity contribution in [3.05, 3.63) is 112 Å². The molecule has 10 heteroatoms. The molecule has 3 aromatic carbocycles. The van der Waals surface area contributed by atoms with E-state index in [-0.39, 0.29) is 18.5 Å². The van der Waals surface area contributed by atoms with Crippen LogP contribution in [-0.2, 0) is 13.2 Å². The van der Waals surface area contributed by atoms with E-state index < -0.39 is 41.3 Å². The molecule has 34 heavy (non-hydrogen) atoms. The lowest BCUT2D eigenvalue weighted by Gasteiger charge is -2.09. The average molecular weight is 490 g/mol. The fourth-order valence-corrected chi connectivity index (χ4v) is 3.33. The standard InChI is InChI=1S/C24H16ClF4N3O2/c25-16-5-2-6-17(10-16)34-13-14-3-1-4-15(9-14)24(33)30-21-7-8-32(31-21)12-18-22(28)19(26)11-20(27)23(18)29/h1-11H,12-13H2,(H,30,31,33). The lowest BCUT2D eigenvalue weighted by Crippen LogP contribution is -2.14. The van der Waals surface area contributed by atoms with E-state index in [1.807, 2.05) is 0 Å². The van der Waals surface area contributed by atoms with E-state index in [0.717, 1.165) is 10.2 Å². The molecule has 0 atom stereocenters. The number of amides is 1. The van der Waals surface area contributed by atoms with E-state index in [1.165, 1.54) is 12.3 Å². The predicted octanol–water partition coefficient (Wildman–Crippen LogP) is 5.97. The molecule has 0 aliphatic carbocycles. The maximum atomic E-state index is 13.9.